The van der Waals surface area contributed by atoms with Crippen LogP contribution in [0.25, 0.3) is 5.69 Å². The van der Waals surface area contributed by atoms with Gasteiger partial charge in [0.1, 0.15) is 12.2 Å². The monoisotopic (exact) mass is 648 g/mol. The predicted octanol–water partition coefficient (Wildman–Crippen LogP) is 5.21. The molecule has 46 heavy (non-hydrogen) atoms. The highest BCUT2D eigenvalue weighted by atomic mass is 19.4. The molecular formula is C33H43F3N4O6. The van der Waals surface area contributed by atoms with Gasteiger partial charge in [-0.05, 0) is 76.7 Å². The molecule has 0 aliphatic heterocycles. The van der Waals surface area contributed by atoms with Gasteiger partial charge in [-0.25, -0.2) is 0 Å². The SMILES string of the molecule is CC(=O)OC(CC(=O)OC1CCC(Nc2cc(-n3c(C)c(C(F)(F)F)c4c3CC(C)(C)CC4=O)ccc2C(N)=O)CC1)CN(C)C. The number of nitrogens with one attached hydrogen (secondary N) is 1. The van der Waals surface area contributed by atoms with E-state index in [0.29, 0.717) is 49.3 Å². The number of hydrogen-bond donors (Lipinski definition) is 2. The number of fused-ring (bicyclic) bond motifs is 1. The zero-order chi connectivity index (χ0) is 34.1. The van der Waals surface area contributed by atoms with Crippen molar-refractivity contribution in [1.82, 2.24) is 9.47 Å². The second kappa shape index (κ2) is 13.5. The topological polar surface area (TPSA) is 133 Å². The van der Waals surface area contributed by atoms with E-state index in [1.54, 1.807) is 12.1 Å². The van der Waals surface area contributed by atoms with E-state index in [4.69, 9.17) is 15.2 Å². The highest BCUT2D eigenvalue weighted by molar-refractivity contribution is 6.01. The molecule has 1 aromatic heterocycles. The number of ketones is 1. The van der Waals surface area contributed by atoms with E-state index in [0.717, 1.165) is 0 Å². The number of likely N-dealkylation sites (N-methyl/N-ethyl adjacent to an activating group) is 1. The Bertz CT molecular complexity index is 1510. The molecule has 252 valence electrons. The molecule has 1 heterocycles. The zero-order valence-corrected chi connectivity index (χ0v) is 27.2. The van der Waals surface area contributed by atoms with Crippen molar-refractivity contribution in [3.63, 3.8) is 0 Å². The molecule has 1 amide bonds. The van der Waals surface area contributed by atoms with Crippen molar-refractivity contribution in [2.24, 2.45) is 11.1 Å². The number of alkyl halides is 3. The van der Waals surface area contributed by atoms with E-state index >= 15 is 0 Å². The number of anilines is 1. The molecule has 0 saturated heterocycles. The Balaban J connectivity index is 1.53. The first-order valence-corrected chi connectivity index (χ1v) is 15.4. The summed E-state index contributed by atoms with van der Waals surface area (Å²) in [7, 11) is 3.62. The predicted molar refractivity (Wildman–Crippen MR) is 165 cm³/mol. The quantitative estimate of drug-likeness (QED) is 0.336. The molecule has 0 radical (unpaired) electrons. The molecule has 1 fully saturated rings. The molecule has 0 bridgehead atoms. The van der Waals surface area contributed by atoms with E-state index in [2.05, 4.69) is 5.32 Å². The summed E-state index contributed by atoms with van der Waals surface area (Å²) in [5.41, 5.74) is 5.07. The fraction of sp³-hybridized carbons (Fsp3) is 0.576. The molecule has 3 N–H and O–H groups in total. The van der Waals surface area contributed by atoms with Gasteiger partial charge in [0.2, 0.25) is 0 Å². The maximum absolute atomic E-state index is 14.3. The van der Waals surface area contributed by atoms with Crippen LogP contribution in [0.1, 0.15) is 97.0 Å². The molecule has 2 aliphatic carbocycles. The van der Waals surface area contributed by atoms with Crippen molar-refractivity contribution < 1.29 is 41.8 Å². The van der Waals surface area contributed by atoms with Gasteiger partial charge in [0.25, 0.3) is 5.91 Å². The number of halogens is 3. The summed E-state index contributed by atoms with van der Waals surface area (Å²) in [6.45, 7) is 6.73. The van der Waals surface area contributed by atoms with E-state index in [1.807, 2.05) is 32.8 Å². The molecule has 0 spiro atoms. The van der Waals surface area contributed by atoms with Crippen LogP contribution in [0.2, 0.25) is 0 Å². The number of esters is 2. The van der Waals surface area contributed by atoms with Crippen LogP contribution in [0, 0.1) is 12.3 Å². The highest BCUT2D eigenvalue weighted by Gasteiger charge is 2.45. The first-order chi connectivity index (χ1) is 21.4. The highest BCUT2D eigenvalue weighted by Crippen LogP contribution is 2.45. The zero-order valence-electron chi connectivity index (χ0n) is 27.2. The van der Waals surface area contributed by atoms with E-state index in [1.165, 1.54) is 24.5 Å². The Morgan fingerprint density at radius 2 is 1.78 bits per heavy atom. The second-order valence-corrected chi connectivity index (χ2v) is 13.5. The Hall–Kier alpha value is -3.87. The van der Waals surface area contributed by atoms with E-state index in [9.17, 15) is 32.3 Å². The number of Topliss-reactive ketones (excluding diaryl/α,β-unsaturated/α-hetero) is 1. The minimum absolute atomic E-state index is 0.0147. The third kappa shape index (κ3) is 8.09. The summed E-state index contributed by atoms with van der Waals surface area (Å²) in [6, 6.07) is 4.50. The Morgan fingerprint density at radius 1 is 1.13 bits per heavy atom. The fourth-order valence-corrected chi connectivity index (χ4v) is 6.71. The minimum atomic E-state index is -4.72. The number of amides is 1. The van der Waals surface area contributed by atoms with Crippen LogP contribution < -0.4 is 11.1 Å². The summed E-state index contributed by atoms with van der Waals surface area (Å²) >= 11 is 0. The van der Waals surface area contributed by atoms with Crippen molar-refractivity contribution in [2.75, 3.05) is 26.0 Å². The standard InChI is InChI=1S/C33H43F3N4O6/c1-18-30(33(34,35)36)29-26(15-32(3,4)16-27(29)42)40(18)21-9-12-24(31(37)44)25(13-21)38-20-7-10-22(11-8-20)46-28(43)14-23(17-39(5)6)45-19(2)41/h9,12-13,20,22-23,38H,7-8,10-11,14-17H2,1-6H3,(H2,37,44). The van der Waals surface area contributed by atoms with Gasteiger partial charge in [0.05, 0.1) is 23.1 Å². The van der Waals surface area contributed by atoms with Gasteiger partial charge in [0.15, 0.2) is 5.78 Å². The molecule has 10 nitrogen and oxygen atoms in total. The third-order valence-corrected chi connectivity index (χ3v) is 8.51. The molecule has 4 rings (SSSR count). The van der Waals surface area contributed by atoms with Gasteiger partial charge in [-0.1, -0.05) is 13.8 Å². The van der Waals surface area contributed by atoms with Gasteiger partial charge in [-0.15, -0.1) is 0 Å². The Morgan fingerprint density at radius 3 is 2.35 bits per heavy atom. The van der Waals surface area contributed by atoms with Gasteiger partial charge < -0.3 is 30.0 Å². The van der Waals surface area contributed by atoms with Crippen molar-refractivity contribution in [3.05, 3.63) is 46.3 Å². The normalized spacial score (nSPS) is 20.2. The summed E-state index contributed by atoms with van der Waals surface area (Å²) < 4.78 is 55.2. The molecule has 1 unspecified atom stereocenters. The number of hydrogen-bond acceptors (Lipinski definition) is 8. The fourth-order valence-electron chi connectivity index (χ4n) is 6.71. The van der Waals surface area contributed by atoms with E-state index < -0.39 is 46.9 Å². The smallest absolute Gasteiger partial charge is 0.418 e. The first-order valence-electron chi connectivity index (χ1n) is 15.4. The molecule has 13 heteroatoms. The van der Waals surface area contributed by atoms with E-state index in [-0.39, 0.29) is 48.2 Å². The lowest BCUT2D eigenvalue weighted by molar-refractivity contribution is -0.158. The lowest BCUT2D eigenvalue weighted by Crippen LogP contribution is -2.35. The Labute approximate surface area is 266 Å². The molecule has 2 aliphatic rings. The van der Waals surface area contributed by atoms with Crippen molar-refractivity contribution >= 4 is 29.3 Å². The summed E-state index contributed by atoms with van der Waals surface area (Å²) in [4.78, 5) is 51.2. The molecular weight excluding hydrogens is 605 g/mol. The Kier molecular flexibility index (Phi) is 10.2. The van der Waals surface area contributed by atoms with Crippen LogP contribution in [-0.4, -0.2) is 72.0 Å². The third-order valence-electron chi connectivity index (χ3n) is 8.51. The number of nitrogens with two attached hydrogens (primary N) is 1. The number of carbonyl (C=O) groups excluding carboxylic acids is 4. The summed E-state index contributed by atoms with van der Waals surface area (Å²) in [5.74, 6) is -2.17. The number of rotatable bonds is 10. The number of nitrogens with zero attached hydrogens (tertiary/aromatic N) is 2. The van der Waals surface area contributed by atoms with Gasteiger partial charge in [0, 0.05) is 48.7 Å². The lowest BCUT2D eigenvalue weighted by Gasteiger charge is -2.31. The van der Waals surface area contributed by atoms with Gasteiger partial charge in [-0.3, -0.25) is 19.2 Å². The van der Waals surface area contributed by atoms with Crippen LogP contribution in [0.15, 0.2) is 18.2 Å². The number of benzene rings is 1. The van der Waals surface area contributed by atoms with Gasteiger partial charge >= 0.3 is 18.1 Å². The number of carbonyl (C=O) groups is 4. The lowest BCUT2D eigenvalue weighted by atomic mass is 9.75. The largest absolute Gasteiger partial charge is 0.462 e. The summed E-state index contributed by atoms with van der Waals surface area (Å²) in [6.07, 6.45) is -3.20. The average molecular weight is 649 g/mol. The van der Waals surface area contributed by atoms with Crippen LogP contribution in [-0.2, 0) is 31.7 Å². The van der Waals surface area contributed by atoms with Crippen molar-refractivity contribution in [1.29, 1.82) is 0 Å². The number of primary amides is 1. The van der Waals surface area contributed by atoms with Crippen LogP contribution in [0.3, 0.4) is 0 Å². The molecule has 1 aromatic carbocycles. The van der Waals surface area contributed by atoms with Crippen LogP contribution in [0.4, 0.5) is 18.9 Å². The maximum Gasteiger partial charge on any atom is 0.418 e. The second-order valence-electron chi connectivity index (χ2n) is 13.5. The van der Waals surface area contributed by atoms with Crippen molar-refractivity contribution in [3.8, 4) is 5.69 Å². The summed E-state index contributed by atoms with van der Waals surface area (Å²) in [5, 5.41) is 3.35. The molecule has 1 saturated carbocycles. The van der Waals surface area contributed by atoms with Crippen LogP contribution >= 0.6 is 0 Å². The minimum Gasteiger partial charge on any atom is -0.462 e. The molecule has 2 aromatic rings. The molecule has 1 atom stereocenters. The number of ether oxygens (including phenoxy) is 2. The van der Waals surface area contributed by atoms with Crippen molar-refractivity contribution in [2.45, 2.75) is 97.1 Å². The number of aromatic nitrogens is 1. The van der Waals surface area contributed by atoms with Crippen LogP contribution in [0.5, 0.6) is 0 Å². The average Bonchev–Trinajstić information content (AvgIpc) is 3.20. The maximum atomic E-state index is 14.3. The first kappa shape index (κ1) is 35.0. The van der Waals surface area contributed by atoms with Gasteiger partial charge in [-0.2, -0.15) is 13.2 Å².